The molecule has 96 valence electrons. The minimum absolute atomic E-state index is 0.00879. The molecule has 0 amide bonds. The Morgan fingerprint density at radius 2 is 2.24 bits per heavy atom. The first-order valence-corrected chi connectivity index (χ1v) is 7.16. The number of ether oxygens (including phenoxy) is 1. The van der Waals surface area contributed by atoms with E-state index in [1.54, 1.807) is 6.07 Å². The highest BCUT2D eigenvalue weighted by atomic mass is 35.5. The zero-order valence-electron chi connectivity index (χ0n) is 9.68. The molecule has 1 N–H and O–H groups in total. The van der Waals surface area contributed by atoms with E-state index in [0.29, 0.717) is 5.02 Å². The average molecular weight is 279 g/mol. The van der Waals surface area contributed by atoms with Gasteiger partial charge in [-0.1, -0.05) is 11.6 Å². The van der Waals surface area contributed by atoms with Crippen LogP contribution in [0.25, 0.3) is 0 Å². The zero-order chi connectivity index (χ0) is 12.9. The SMILES string of the molecule is CC(C)OCCS(=O)(=O)Nc1cc(Cl)ccn1. The summed E-state index contributed by atoms with van der Waals surface area (Å²) in [6, 6.07) is 3.02. The lowest BCUT2D eigenvalue weighted by atomic mass is 10.5. The predicted molar refractivity (Wildman–Crippen MR) is 67.7 cm³/mol. The van der Waals surface area contributed by atoms with Crippen molar-refractivity contribution in [1.82, 2.24) is 4.98 Å². The molecule has 0 saturated heterocycles. The Morgan fingerprint density at radius 1 is 1.53 bits per heavy atom. The molecule has 0 unspecified atom stereocenters. The number of anilines is 1. The standard InChI is InChI=1S/C10H15ClN2O3S/c1-8(2)16-5-6-17(14,15)13-10-7-9(11)3-4-12-10/h3-4,7-8H,5-6H2,1-2H3,(H,12,13). The van der Waals surface area contributed by atoms with Gasteiger partial charge in [-0.25, -0.2) is 13.4 Å². The number of sulfonamides is 1. The van der Waals surface area contributed by atoms with Crippen molar-refractivity contribution >= 4 is 27.4 Å². The fourth-order valence-electron chi connectivity index (χ4n) is 1.06. The lowest BCUT2D eigenvalue weighted by molar-refractivity contribution is 0.0913. The molecule has 0 spiro atoms. The van der Waals surface area contributed by atoms with E-state index in [-0.39, 0.29) is 24.3 Å². The van der Waals surface area contributed by atoms with E-state index < -0.39 is 10.0 Å². The van der Waals surface area contributed by atoms with Crippen LogP contribution in [0.5, 0.6) is 0 Å². The van der Waals surface area contributed by atoms with Gasteiger partial charge in [0, 0.05) is 17.3 Å². The van der Waals surface area contributed by atoms with Crippen LogP contribution in [-0.4, -0.2) is 31.9 Å². The molecule has 0 aliphatic heterocycles. The van der Waals surface area contributed by atoms with Crippen LogP contribution in [0.1, 0.15) is 13.8 Å². The minimum Gasteiger partial charge on any atom is -0.378 e. The van der Waals surface area contributed by atoms with Gasteiger partial charge in [0.25, 0.3) is 0 Å². The van der Waals surface area contributed by atoms with Crippen molar-refractivity contribution in [3.8, 4) is 0 Å². The van der Waals surface area contributed by atoms with Crippen LogP contribution >= 0.6 is 11.6 Å². The highest BCUT2D eigenvalue weighted by Gasteiger charge is 2.11. The third kappa shape index (κ3) is 5.86. The number of nitrogens with one attached hydrogen (secondary N) is 1. The van der Waals surface area contributed by atoms with Crippen molar-refractivity contribution in [2.45, 2.75) is 20.0 Å². The van der Waals surface area contributed by atoms with Crippen molar-refractivity contribution in [2.75, 3.05) is 17.1 Å². The fourth-order valence-corrected chi connectivity index (χ4v) is 2.07. The Hall–Kier alpha value is -0.850. The quantitative estimate of drug-likeness (QED) is 0.863. The number of hydrogen-bond donors (Lipinski definition) is 1. The Bertz CT molecular complexity index is 462. The highest BCUT2D eigenvalue weighted by Crippen LogP contribution is 2.13. The molecule has 7 heteroatoms. The second-order valence-electron chi connectivity index (χ2n) is 3.70. The van der Waals surface area contributed by atoms with Gasteiger partial charge in [-0.2, -0.15) is 0 Å². The first-order chi connectivity index (χ1) is 7.89. The third-order valence-corrected chi connectivity index (χ3v) is 3.24. The van der Waals surface area contributed by atoms with Gasteiger partial charge in [0.1, 0.15) is 5.82 Å². The van der Waals surface area contributed by atoms with E-state index in [9.17, 15) is 8.42 Å². The molecular formula is C10H15ClN2O3S. The second-order valence-corrected chi connectivity index (χ2v) is 5.98. The highest BCUT2D eigenvalue weighted by molar-refractivity contribution is 7.92. The van der Waals surface area contributed by atoms with Crippen LogP contribution in [-0.2, 0) is 14.8 Å². The van der Waals surface area contributed by atoms with Crippen molar-refractivity contribution in [3.63, 3.8) is 0 Å². The third-order valence-electron chi connectivity index (χ3n) is 1.79. The van der Waals surface area contributed by atoms with E-state index in [4.69, 9.17) is 16.3 Å². The molecule has 0 fully saturated rings. The maximum absolute atomic E-state index is 11.6. The summed E-state index contributed by atoms with van der Waals surface area (Å²) < 4.78 is 30.7. The van der Waals surface area contributed by atoms with Crippen LogP contribution in [0.3, 0.4) is 0 Å². The molecule has 0 atom stereocenters. The van der Waals surface area contributed by atoms with Gasteiger partial charge in [-0.15, -0.1) is 0 Å². The van der Waals surface area contributed by atoms with Gasteiger partial charge < -0.3 is 4.74 Å². The number of rotatable bonds is 6. The number of pyridine rings is 1. The summed E-state index contributed by atoms with van der Waals surface area (Å²) in [4.78, 5) is 3.85. The smallest absolute Gasteiger partial charge is 0.236 e. The van der Waals surface area contributed by atoms with E-state index in [0.717, 1.165) is 0 Å². The van der Waals surface area contributed by atoms with Crippen LogP contribution in [0.15, 0.2) is 18.3 Å². The Morgan fingerprint density at radius 3 is 2.82 bits per heavy atom. The van der Waals surface area contributed by atoms with Gasteiger partial charge >= 0.3 is 0 Å². The second kappa shape index (κ2) is 6.18. The monoisotopic (exact) mass is 278 g/mol. The first kappa shape index (κ1) is 14.2. The summed E-state index contributed by atoms with van der Waals surface area (Å²) in [6.45, 7) is 3.84. The summed E-state index contributed by atoms with van der Waals surface area (Å²) in [5, 5.41) is 0.427. The van der Waals surface area contributed by atoms with Gasteiger partial charge in [-0.3, -0.25) is 4.72 Å². The maximum Gasteiger partial charge on any atom is 0.236 e. The molecule has 1 heterocycles. The lowest BCUT2D eigenvalue weighted by Crippen LogP contribution is -2.22. The molecule has 1 aromatic heterocycles. The fraction of sp³-hybridized carbons (Fsp3) is 0.500. The maximum atomic E-state index is 11.6. The predicted octanol–water partition coefficient (Wildman–Crippen LogP) is 1.90. The van der Waals surface area contributed by atoms with Crippen molar-refractivity contribution in [3.05, 3.63) is 23.4 Å². The van der Waals surface area contributed by atoms with Crippen LogP contribution < -0.4 is 4.72 Å². The molecular weight excluding hydrogens is 264 g/mol. The number of halogens is 1. The van der Waals surface area contributed by atoms with Crippen molar-refractivity contribution in [1.29, 1.82) is 0 Å². The van der Waals surface area contributed by atoms with E-state index >= 15 is 0 Å². The van der Waals surface area contributed by atoms with Crippen LogP contribution in [0, 0.1) is 0 Å². The Labute approximate surface area is 106 Å². The zero-order valence-corrected chi connectivity index (χ0v) is 11.3. The molecule has 1 aromatic rings. The minimum atomic E-state index is -3.44. The molecule has 0 saturated carbocycles. The van der Waals surface area contributed by atoms with Gasteiger partial charge in [-0.05, 0) is 19.9 Å². The molecule has 0 radical (unpaired) electrons. The molecule has 0 aliphatic carbocycles. The van der Waals surface area contributed by atoms with Gasteiger partial charge in [0.15, 0.2) is 0 Å². The average Bonchev–Trinajstić information content (AvgIpc) is 2.15. The molecule has 17 heavy (non-hydrogen) atoms. The van der Waals surface area contributed by atoms with Crippen LogP contribution in [0.4, 0.5) is 5.82 Å². The molecule has 0 bridgehead atoms. The molecule has 5 nitrogen and oxygen atoms in total. The normalized spacial score (nSPS) is 11.8. The first-order valence-electron chi connectivity index (χ1n) is 5.13. The Kier molecular flexibility index (Phi) is 5.17. The summed E-state index contributed by atoms with van der Waals surface area (Å²) in [7, 11) is -3.44. The topological polar surface area (TPSA) is 68.3 Å². The van der Waals surface area contributed by atoms with Gasteiger partial charge in [0.2, 0.25) is 10.0 Å². The van der Waals surface area contributed by atoms with Crippen molar-refractivity contribution in [2.24, 2.45) is 0 Å². The summed E-state index contributed by atoms with van der Waals surface area (Å²) in [6.07, 6.45) is 1.44. The molecule has 0 aromatic carbocycles. The summed E-state index contributed by atoms with van der Waals surface area (Å²) in [5.41, 5.74) is 0. The van der Waals surface area contributed by atoms with E-state index in [1.165, 1.54) is 12.3 Å². The number of hydrogen-bond acceptors (Lipinski definition) is 4. The Balaban J connectivity index is 2.55. The lowest BCUT2D eigenvalue weighted by Gasteiger charge is -2.09. The van der Waals surface area contributed by atoms with Crippen LogP contribution in [0.2, 0.25) is 5.02 Å². The molecule has 0 aliphatic rings. The number of aromatic nitrogens is 1. The van der Waals surface area contributed by atoms with E-state index in [1.807, 2.05) is 13.8 Å². The summed E-state index contributed by atoms with van der Waals surface area (Å²) in [5.74, 6) is 0.0985. The molecule has 1 rings (SSSR count). The van der Waals surface area contributed by atoms with Gasteiger partial charge in [0.05, 0.1) is 18.5 Å². The summed E-state index contributed by atoms with van der Waals surface area (Å²) >= 11 is 5.72. The number of nitrogens with zero attached hydrogens (tertiary/aromatic N) is 1. The largest absolute Gasteiger partial charge is 0.378 e. The van der Waals surface area contributed by atoms with E-state index in [2.05, 4.69) is 9.71 Å². The van der Waals surface area contributed by atoms with Crippen molar-refractivity contribution < 1.29 is 13.2 Å².